The van der Waals surface area contributed by atoms with Crippen LogP contribution in [-0.4, -0.2) is 48.1 Å². The summed E-state index contributed by atoms with van der Waals surface area (Å²) in [6.45, 7) is 6.16. The fraction of sp³-hybridized carbons (Fsp3) is 0.667. The molecule has 3 heterocycles. The van der Waals surface area contributed by atoms with Crippen LogP contribution < -0.4 is 0 Å². The second-order valence-electron chi connectivity index (χ2n) is 5.82. The molecule has 0 aromatic rings. The smallest absolute Gasteiger partial charge is 0.411 e. The van der Waals surface area contributed by atoms with E-state index < -0.39 is 0 Å². The molecule has 0 radical (unpaired) electrons. The standard InChI is InChI=1S/C15H22N2O2/c1-12-3-2-4-14(11-12)19-15(18)17-10-9-16-7-5-13(17)6-8-16/h2,4,11-13H,3,5-10H2,1H3. The molecule has 1 atom stereocenters. The summed E-state index contributed by atoms with van der Waals surface area (Å²) >= 11 is 0. The number of hydrogen-bond acceptors (Lipinski definition) is 3. The fourth-order valence-corrected chi connectivity index (χ4v) is 3.16. The summed E-state index contributed by atoms with van der Waals surface area (Å²) < 4.78 is 5.55. The van der Waals surface area contributed by atoms with Crippen molar-refractivity contribution in [2.24, 2.45) is 5.92 Å². The van der Waals surface area contributed by atoms with E-state index in [9.17, 15) is 4.79 Å². The van der Waals surface area contributed by atoms with Crippen LogP contribution in [0.5, 0.6) is 0 Å². The molecule has 0 saturated carbocycles. The number of fused-ring (bicyclic) bond motifs is 4. The van der Waals surface area contributed by atoms with E-state index in [1.165, 1.54) is 0 Å². The molecule has 3 fully saturated rings. The third-order valence-corrected chi connectivity index (χ3v) is 4.33. The number of carbonyl (C=O) groups excluding carboxylic acids is 1. The minimum absolute atomic E-state index is 0.168. The highest BCUT2D eigenvalue weighted by Gasteiger charge is 2.33. The number of allylic oxidation sites excluding steroid dienone is 3. The van der Waals surface area contributed by atoms with Gasteiger partial charge in [-0.25, -0.2) is 4.79 Å². The first-order chi connectivity index (χ1) is 9.22. The molecule has 1 amide bonds. The van der Waals surface area contributed by atoms with E-state index in [4.69, 9.17) is 4.74 Å². The Balaban J connectivity index is 1.65. The number of nitrogens with zero attached hydrogens (tertiary/aromatic N) is 2. The lowest BCUT2D eigenvalue weighted by Crippen LogP contribution is -2.41. The second kappa shape index (κ2) is 5.37. The van der Waals surface area contributed by atoms with Crippen molar-refractivity contribution in [2.75, 3.05) is 26.2 Å². The third kappa shape index (κ3) is 2.84. The van der Waals surface area contributed by atoms with Crippen molar-refractivity contribution >= 4 is 6.09 Å². The Morgan fingerprint density at radius 1 is 1.26 bits per heavy atom. The van der Waals surface area contributed by atoms with Gasteiger partial charge < -0.3 is 14.5 Å². The molecule has 1 unspecified atom stereocenters. The normalized spacial score (nSPS) is 33.8. The van der Waals surface area contributed by atoms with E-state index in [1.807, 2.05) is 17.1 Å². The van der Waals surface area contributed by atoms with Crippen LogP contribution in [0.3, 0.4) is 0 Å². The van der Waals surface area contributed by atoms with E-state index in [0.717, 1.165) is 45.4 Å². The summed E-state index contributed by atoms with van der Waals surface area (Å²) in [5.74, 6) is 1.17. The first kappa shape index (κ1) is 12.7. The summed E-state index contributed by atoms with van der Waals surface area (Å²) in [5.41, 5.74) is 0. The Labute approximate surface area is 114 Å². The number of rotatable bonds is 1. The van der Waals surface area contributed by atoms with Crippen LogP contribution in [0.15, 0.2) is 24.0 Å². The highest BCUT2D eigenvalue weighted by Crippen LogP contribution is 2.23. The highest BCUT2D eigenvalue weighted by molar-refractivity contribution is 5.70. The van der Waals surface area contributed by atoms with Crippen molar-refractivity contribution in [1.82, 2.24) is 9.80 Å². The maximum Gasteiger partial charge on any atom is 0.415 e. The van der Waals surface area contributed by atoms with E-state index in [1.54, 1.807) is 0 Å². The van der Waals surface area contributed by atoms with Crippen molar-refractivity contribution in [1.29, 1.82) is 0 Å². The van der Waals surface area contributed by atoms with Crippen molar-refractivity contribution < 1.29 is 9.53 Å². The van der Waals surface area contributed by atoms with Gasteiger partial charge in [-0.15, -0.1) is 0 Å². The Morgan fingerprint density at radius 3 is 2.79 bits per heavy atom. The zero-order valence-electron chi connectivity index (χ0n) is 11.5. The average Bonchev–Trinajstić information content (AvgIpc) is 2.72. The van der Waals surface area contributed by atoms with Gasteiger partial charge in [-0.2, -0.15) is 0 Å². The molecular formula is C15H22N2O2. The van der Waals surface area contributed by atoms with E-state index in [-0.39, 0.29) is 6.09 Å². The van der Waals surface area contributed by atoms with Gasteiger partial charge >= 0.3 is 6.09 Å². The number of amides is 1. The zero-order valence-corrected chi connectivity index (χ0v) is 11.5. The van der Waals surface area contributed by atoms with Gasteiger partial charge in [-0.1, -0.05) is 13.0 Å². The molecule has 4 nitrogen and oxygen atoms in total. The van der Waals surface area contributed by atoms with Gasteiger partial charge in [0.25, 0.3) is 0 Å². The molecule has 3 aliphatic heterocycles. The number of carbonyl (C=O) groups is 1. The molecule has 4 rings (SSSR count). The van der Waals surface area contributed by atoms with Gasteiger partial charge in [0.15, 0.2) is 0 Å². The van der Waals surface area contributed by atoms with Crippen molar-refractivity contribution in [2.45, 2.75) is 32.2 Å². The second-order valence-corrected chi connectivity index (χ2v) is 5.82. The minimum Gasteiger partial charge on any atom is -0.411 e. The van der Waals surface area contributed by atoms with Crippen LogP contribution in [-0.2, 0) is 4.74 Å². The molecule has 0 spiro atoms. The maximum absolute atomic E-state index is 12.3. The lowest BCUT2D eigenvalue weighted by Gasteiger charge is -2.30. The Bertz CT molecular complexity index is 408. The summed E-state index contributed by atoms with van der Waals surface area (Å²) in [5, 5.41) is 0. The van der Waals surface area contributed by atoms with Crippen LogP contribution in [0.25, 0.3) is 0 Å². The van der Waals surface area contributed by atoms with Crippen molar-refractivity contribution in [3.8, 4) is 0 Å². The summed E-state index contributed by atoms with van der Waals surface area (Å²) in [6.07, 6.45) is 9.06. The fourth-order valence-electron chi connectivity index (χ4n) is 3.16. The van der Waals surface area contributed by atoms with E-state index >= 15 is 0 Å². The van der Waals surface area contributed by atoms with Gasteiger partial charge in [-0.05, 0) is 37.3 Å². The molecule has 0 N–H and O–H groups in total. The molecule has 4 heteroatoms. The van der Waals surface area contributed by atoms with Crippen LogP contribution >= 0.6 is 0 Å². The van der Waals surface area contributed by atoms with Gasteiger partial charge in [0.05, 0.1) is 0 Å². The van der Waals surface area contributed by atoms with E-state index in [0.29, 0.717) is 17.7 Å². The molecule has 104 valence electrons. The largest absolute Gasteiger partial charge is 0.415 e. The molecule has 2 bridgehead atoms. The quantitative estimate of drug-likeness (QED) is 0.727. The SMILES string of the molecule is CC1C=C(OC(=O)N2CCN3CCC2CC3)C=CC1. The predicted molar refractivity (Wildman–Crippen MR) is 73.7 cm³/mol. The van der Waals surface area contributed by atoms with Crippen molar-refractivity contribution in [3.63, 3.8) is 0 Å². The number of piperidine rings is 1. The molecule has 0 aromatic heterocycles. The molecule has 19 heavy (non-hydrogen) atoms. The van der Waals surface area contributed by atoms with Gasteiger partial charge in [0.1, 0.15) is 5.76 Å². The maximum atomic E-state index is 12.3. The summed E-state index contributed by atoms with van der Waals surface area (Å²) in [7, 11) is 0. The number of hydrogen-bond donors (Lipinski definition) is 0. The summed E-state index contributed by atoms with van der Waals surface area (Å²) in [6, 6.07) is 0.372. The first-order valence-electron chi connectivity index (χ1n) is 7.31. The number of ether oxygens (including phenoxy) is 1. The Kier molecular flexibility index (Phi) is 3.60. The highest BCUT2D eigenvalue weighted by atomic mass is 16.6. The Hall–Kier alpha value is -1.29. The Morgan fingerprint density at radius 2 is 2.05 bits per heavy atom. The summed E-state index contributed by atoms with van der Waals surface area (Å²) in [4.78, 5) is 16.7. The monoisotopic (exact) mass is 262 g/mol. The topological polar surface area (TPSA) is 32.8 Å². The zero-order chi connectivity index (χ0) is 13.2. The minimum atomic E-state index is -0.168. The third-order valence-electron chi connectivity index (χ3n) is 4.33. The molecule has 0 aromatic carbocycles. The lowest BCUT2D eigenvalue weighted by molar-refractivity contribution is 0.111. The molecule has 1 aliphatic carbocycles. The lowest BCUT2D eigenvalue weighted by atomic mass is 10.0. The first-order valence-corrected chi connectivity index (χ1v) is 7.31. The van der Waals surface area contributed by atoms with Crippen molar-refractivity contribution in [3.05, 3.63) is 24.0 Å². The van der Waals surface area contributed by atoms with Crippen LogP contribution in [0.4, 0.5) is 4.79 Å². The molecule has 4 aliphatic rings. The van der Waals surface area contributed by atoms with Crippen LogP contribution in [0.2, 0.25) is 0 Å². The van der Waals surface area contributed by atoms with E-state index in [2.05, 4.69) is 17.9 Å². The van der Waals surface area contributed by atoms with Crippen LogP contribution in [0.1, 0.15) is 26.2 Å². The average molecular weight is 262 g/mol. The van der Waals surface area contributed by atoms with Gasteiger partial charge in [0.2, 0.25) is 0 Å². The van der Waals surface area contributed by atoms with Crippen LogP contribution in [0, 0.1) is 5.92 Å². The molecular weight excluding hydrogens is 240 g/mol. The predicted octanol–water partition coefficient (Wildman–Crippen LogP) is 2.38. The van der Waals surface area contributed by atoms with Gasteiger partial charge in [0, 0.05) is 32.2 Å². The van der Waals surface area contributed by atoms with Gasteiger partial charge in [-0.3, -0.25) is 0 Å². The molecule has 3 saturated heterocycles.